The van der Waals surface area contributed by atoms with Gasteiger partial charge in [0.15, 0.2) is 0 Å². The lowest BCUT2D eigenvalue weighted by molar-refractivity contribution is 0.303. The Labute approximate surface area is 110 Å². The summed E-state index contributed by atoms with van der Waals surface area (Å²) < 4.78 is 18.6. The maximum absolute atomic E-state index is 13.0. The predicted molar refractivity (Wildman–Crippen MR) is 68.4 cm³/mol. The van der Waals surface area contributed by atoms with Crippen molar-refractivity contribution in [2.75, 3.05) is 0 Å². The van der Waals surface area contributed by atoms with Crippen LogP contribution in [0.3, 0.4) is 0 Å². The van der Waals surface area contributed by atoms with Crippen LogP contribution in [-0.4, -0.2) is 5.11 Å². The lowest BCUT2D eigenvalue weighted by atomic mass is 10.2. The van der Waals surface area contributed by atoms with E-state index in [1.807, 2.05) is 0 Å². The van der Waals surface area contributed by atoms with E-state index in [9.17, 15) is 4.39 Å². The molecule has 0 atom stereocenters. The number of phenolic OH excluding ortho intramolecular Hbond substituents is 1. The second-order valence-corrected chi connectivity index (χ2v) is 4.11. The number of hydrogen-bond donors (Lipinski definition) is 1. The van der Waals surface area contributed by atoms with Crippen molar-refractivity contribution in [3.05, 3.63) is 59.4 Å². The van der Waals surface area contributed by atoms with Gasteiger partial charge in [-0.15, -0.1) is 11.6 Å². The van der Waals surface area contributed by atoms with Crippen molar-refractivity contribution >= 4 is 11.6 Å². The zero-order valence-electron chi connectivity index (χ0n) is 9.57. The molecule has 0 aromatic heterocycles. The normalized spacial score (nSPS) is 10.3. The van der Waals surface area contributed by atoms with Gasteiger partial charge in [0.2, 0.25) is 0 Å². The highest BCUT2D eigenvalue weighted by molar-refractivity contribution is 6.17. The third-order valence-electron chi connectivity index (χ3n) is 2.50. The van der Waals surface area contributed by atoms with E-state index in [0.717, 1.165) is 5.56 Å². The van der Waals surface area contributed by atoms with Crippen LogP contribution in [0.1, 0.15) is 11.1 Å². The summed E-state index contributed by atoms with van der Waals surface area (Å²) in [6.45, 7) is 0.343. The zero-order chi connectivity index (χ0) is 13.0. The van der Waals surface area contributed by atoms with Crippen molar-refractivity contribution in [1.29, 1.82) is 0 Å². The minimum absolute atomic E-state index is 0.197. The molecule has 0 aliphatic heterocycles. The Morgan fingerprint density at radius 1 is 1.11 bits per heavy atom. The maximum atomic E-state index is 13.0. The van der Waals surface area contributed by atoms with Crippen LogP contribution in [0.5, 0.6) is 11.5 Å². The molecular formula is C14H12ClFO2. The van der Waals surface area contributed by atoms with E-state index in [4.69, 9.17) is 21.4 Å². The van der Waals surface area contributed by atoms with Crippen molar-refractivity contribution in [3.8, 4) is 11.5 Å². The SMILES string of the molecule is Oc1ccc(COc2ccc(F)cc2CCl)cc1. The molecule has 4 heteroatoms. The average molecular weight is 267 g/mol. The Balaban J connectivity index is 2.08. The van der Waals surface area contributed by atoms with Gasteiger partial charge in [0.05, 0.1) is 5.88 Å². The van der Waals surface area contributed by atoms with E-state index in [1.54, 1.807) is 30.3 Å². The topological polar surface area (TPSA) is 29.5 Å². The summed E-state index contributed by atoms with van der Waals surface area (Å²) >= 11 is 5.73. The molecule has 0 aliphatic rings. The van der Waals surface area contributed by atoms with E-state index in [1.165, 1.54) is 12.1 Å². The van der Waals surface area contributed by atoms with Crippen LogP contribution < -0.4 is 4.74 Å². The van der Waals surface area contributed by atoms with Gasteiger partial charge in [0.1, 0.15) is 23.9 Å². The van der Waals surface area contributed by atoms with Gasteiger partial charge in [0.25, 0.3) is 0 Å². The van der Waals surface area contributed by atoms with E-state index in [2.05, 4.69) is 0 Å². The molecule has 0 unspecified atom stereocenters. The van der Waals surface area contributed by atoms with Crippen molar-refractivity contribution < 1.29 is 14.2 Å². The molecule has 0 saturated carbocycles. The molecule has 0 spiro atoms. The second kappa shape index (κ2) is 5.74. The molecule has 2 nitrogen and oxygen atoms in total. The molecule has 0 fully saturated rings. The van der Waals surface area contributed by atoms with Gasteiger partial charge < -0.3 is 9.84 Å². The number of ether oxygens (including phenoxy) is 1. The Hall–Kier alpha value is -1.74. The molecule has 0 amide bonds. The number of hydrogen-bond acceptors (Lipinski definition) is 2. The highest BCUT2D eigenvalue weighted by Crippen LogP contribution is 2.23. The lowest BCUT2D eigenvalue weighted by Crippen LogP contribution is -1.98. The maximum Gasteiger partial charge on any atom is 0.124 e. The summed E-state index contributed by atoms with van der Waals surface area (Å²) in [5.74, 6) is 0.645. The fraction of sp³-hybridized carbons (Fsp3) is 0.143. The number of aromatic hydroxyl groups is 1. The lowest BCUT2D eigenvalue weighted by Gasteiger charge is -2.10. The number of rotatable bonds is 4. The molecule has 0 bridgehead atoms. The number of benzene rings is 2. The Kier molecular flexibility index (Phi) is 4.05. The van der Waals surface area contributed by atoms with Crippen LogP contribution >= 0.6 is 11.6 Å². The largest absolute Gasteiger partial charge is 0.508 e. The summed E-state index contributed by atoms with van der Waals surface area (Å²) in [6.07, 6.45) is 0. The number of alkyl halides is 1. The Bertz CT molecular complexity index is 526. The molecule has 2 rings (SSSR count). The van der Waals surface area contributed by atoms with Crippen LogP contribution in [0.2, 0.25) is 0 Å². The molecule has 0 heterocycles. The average Bonchev–Trinajstić information content (AvgIpc) is 2.39. The van der Waals surface area contributed by atoms with Crippen molar-refractivity contribution in [2.24, 2.45) is 0 Å². The number of halogens is 2. The van der Waals surface area contributed by atoms with Crippen molar-refractivity contribution in [3.63, 3.8) is 0 Å². The second-order valence-electron chi connectivity index (χ2n) is 3.84. The highest BCUT2D eigenvalue weighted by Gasteiger charge is 2.05. The smallest absolute Gasteiger partial charge is 0.124 e. The van der Waals surface area contributed by atoms with Crippen LogP contribution in [0, 0.1) is 5.82 Å². The van der Waals surface area contributed by atoms with E-state index in [0.29, 0.717) is 17.9 Å². The quantitative estimate of drug-likeness (QED) is 0.852. The Morgan fingerprint density at radius 3 is 2.50 bits per heavy atom. The summed E-state index contributed by atoms with van der Waals surface area (Å²) in [7, 11) is 0. The van der Waals surface area contributed by atoms with Crippen LogP contribution in [-0.2, 0) is 12.5 Å². The Morgan fingerprint density at radius 2 is 1.83 bits per heavy atom. The molecule has 18 heavy (non-hydrogen) atoms. The molecular weight excluding hydrogens is 255 g/mol. The minimum atomic E-state index is -0.331. The monoisotopic (exact) mass is 266 g/mol. The highest BCUT2D eigenvalue weighted by atomic mass is 35.5. The van der Waals surface area contributed by atoms with Gasteiger partial charge in [-0.25, -0.2) is 4.39 Å². The fourth-order valence-electron chi connectivity index (χ4n) is 1.55. The van der Waals surface area contributed by atoms with E-state index < -0.39 is 0 Å². The molecule has 2 aromatic carbocycles. The number of phenols is 1. The summed E-state index contributed by atoms with van der Waals surface area (Å²) in [4.78, 5) is 0. The molecule has 0 saturated heterocycles. The molecule has 2 aromatic rings. The molecule has 94 valence electrons. The van der Waals surface area contributed by atoms with Gasteiger partial charge in [-0.1, -0.05) is 12.1 Å². The summed E-state index contributed by atoms with van der Waals surface area (Å²) in [6, 6.07) is 11.0. The van der Waals surface area contributed by atoms with Crippen molar-refractivity contribution in [1.82, 2.24) is 0 Å². The van der Waals surface area contributed by atoms with Gasteiger partial charge in [0, 0.05) is 5.56 Å². The van der Waals surface area contributed by atoms with E-state index >= 15 is 0 Å². The zero-order valence-corrected chi connectivity index (χ0v) is 10.3. The van der Waals surface area contributed by atoms with Gasteiger partial charge in [-0.3, -0.25) is 0 Å². The van der Waals surface area contributed by atoms with Gasteiger partial charge in [-0.2, -0.15) is 0 Å². The van der Waals surface area contributed by atoms with E-state index in [-0.39, 0.29) is 17.4 Å². The first-order chi connectivity index (χ1) is 8.69. The minimum Gasteiger partial charge on any atom is -0.508 e. The first-order valence-electron chi connectivity index (χ1n) is 5.44. The van der Waals surface area contributed by atoms with Crippen molar-refractivity contribution in [2.45, 2.75) is 12.5 Å². The third-order valence-corrected chi connectivity index (χ3v) is 2.79. The molecule has 0 radical (unpaired) electrons. The predicted octanol–water partition coefficient (Wildman–Crippen LogP) is 3.85. The van der Waals surface area contributed by atoms with Crippen LogP contribution in [0.4, 0.5) is 4.39 Å². The summed E-state index contributed by atoms with van der Waals surface area (Å²) in [5.41, 5.74) is 1.54. The summed E-state index contributed by atoms with van der Waals surface area (Å²) in [5, 5.41) is 9.15. The van der Waals surface area contributed by atoms with Gasteiger partial charge >= 0.3 is 0 Å². The molecule has 0 aliphatic carbocycles. The van der Waals surface area contributed by atoms with Crippen LogP contribution in [0.15, 0.2) is 42.5 Å². The van der Waals surface area contributed by atoms with Gasteiger partial charge in [-0.05, 0) is 35.9 Å². The first-order valence-corrected chi connectivity index (χ1v) is 5.97. The standard InChI is InChI=1S/C14H12ClFO2/c15-8-11-7-12(16)3-6-14(11)18-9-10-1-4-13(17)5-2-10/h1-7,17H,8-9H2. The third kappa shape index (κ3) is 3.14. The molecule has 1 N–H and O–H groups in total. The fourth-order valence-corrected chi connectivity index (χ4v) is 1.76. The van der Waals surface area contributed by atoms with Crippen LogP contribution in [0.25, 0.3) is 0 Å². The first kappa shape index (κ1) is 12.7.